The van der Waals surface area contributed by atoms with Gasteiger partial charge in [-0.2, -0.15) is 0 Å². The third-order valence-corrected chi connectivity index (χ3v) is 17.4. The molecule has 86 heavy (non-hydrogen) atoms. The number of phosphoric ester groups is 2. The predicted molar refractivity (Wildman–Crippen MR) is 345 cm³/mol. The Morgan fingerprint density at radius 2 is 0.535 bits per heavy atom. The number of unbranched alkanes of at least 4 members (excludes halogenated alkanes) is 39. The standard InChI is InChI=1S/C67H130O17P2/c1-6-9-12-15-18-21-23-25-26-27-29-32-37-42-47-52-66(71)83-62(56-78-65(70)51-46-41-36-31-28-24-22-19-16-13-10-7-2)58-81-85(73,74)79-54-61(68)55-80-86(75,76)82-59-63(57-77-64(69)50-45-40-35-30-20-17-14-11-8-3)84-67(72)53-48-43-38-33-34-39-44-49-60(4)5/h60-63,68H,6-59H2,1-5H3,(H,73,74)(H,75,76)/t61-,62-,63-/m1/s1. The lowest BCUT2D eigenvalue weighted by molar-refractivity contribution is -0.161. The molecule has 2 unspecified atom stereocenters. The molecule has 0 aliphatic heterocycles. The van der Waals surface area contributed by atoms with Gasteiger partial charge >= 0.3 is 39.5 Å². The zero-order valence-corrected chi connectivity index (χ0v) is 57.2. The third kappa shape index (κ3) is 60.9. The molecule has 0 fully saturated rings. The van der Waals surface area contributed by atoms with E-state index >= 15 is 0 Å². The van der Waals surface area contributed by atoms with E-state index in [1.807, 2.05) is 0 Å². The number of rotatable bonds is 67. The molecule has 0 aliphatic carbocycles. The van der Waals surface area contributed by atoms with E-state index < -0.39 is 97.5 Å². The van der Waals surface area contributed by atoms with Gasteiger partial charge in [0.25, 0.3) is 0 Å². The molecule has 0 amide bonds. The Kier molecular flexibility index (Phi) is 59.2. The first-order valence-corrected chi connectivity index (χ1v) is 38.1. The number of phosphoric acid groups is 2. The van der Waals surface area contributed by atoms with E-state index in [2.05, 4.69) is 34.6 Å². The SMILES string of the molecule is CCCCCCCCCCCCCCCCCC(=O)O[C@H](COC(=O)CCCCCCCCCCCCCC)COP(=O)(O)OC[C@@H](O)COP(=O)(O)OC[C@@H](COC(=O)CCCCCCCCCCC)OC(=O)CCCCCCCCCC(C)C. The van der Waals surface area contributed by atoms with Crippen LogP contribution in [0.3, 0.4) is 0 Å². The number of carbonyl (C=O) groups excluding carboxylic acids is 4. The fraction of sp³-hybridized carbons (Fsp3) is 0.940. The topological polar surface area (TPSA) is 237 Å². The minimum absolute atomic E-state index is 0.104. The van der Waals surface area contributed by atoms with Crippen LogP contribution in [0.5, 0.6) is 0 Å². The lowest BCUT2D eigenvalue weighted by Gasteiger charge is -2.21. The van der Waals surface area contributed by atoms with Crippen molar-refractivity contribution in [1.82, 2.24) is 0 Å². The summed E-state index contributed by atoms with van der Waals surface area (Å²) in [5, 5.41) is 10.6. The highest BCUT2D eigenvalue weighted by atomic mass is 31.2. The fourth-order valence-corrected chi connectivity index (χ4v) is 11.7. The van der Waals surface area contributed by atoms with E-state index in [0.717, 1.165) is 89.9 Å². The molecule has 3 N–H and O–H groups in total. The Labute approximate surface area is 524 Å². The van der Waals surface area contributed by atoms with Gasteiger partial charge < -0.3 is 33.8 Å². The largest absolute Gasteiger partial charge is 0.472 e. The number of ether oxygens (including phenoxy) is 4. The van der Waals surface area contributed by atoms with Crippen molar-refractivity contribution in [2.45, 2.75) is 361 Å². The van der Waals surface area contributed by atoms with Crippen LogP contribution in [0.25, 0.3) is 0 Å². The zero-order chi connectivity index (χ0) is 63.5. The molecule has 0 bridgehead atoms. The Bertz CT molecular complexity index is 1670. The molecule has 0 radical (unpaired) electrons. The van der Waals surface area contributed by atoms with Crippen LogP contribution in [0.2, 0.25) is 0 Å². The predicted octanol–water partition coefficient (Wildman–Crippen LogP) is 19.0. The van der Waals surface area contributed by atoms with Crippen molar-refractivity contribution in [2.75, 3.05) is 39.6 Å². The Balaban J connectivity index is 5.23. The summed E-state index contributed by atoms with van der Waals surface area (Å²) in [5.74, 6) is -1.43. The molecule has 0 aromatic heterocycles. The molecule has 0 aromatic carbocycles. The van der Waals surface area contributed by atoms with Crippen LogP contribution in [0.15, 0.2) is 0 Å². The average Bonchev–Trinajstić information content (AvgIpc) is 3.68. The molecule has 19 heteroatoms. The maximum Gasteiger partial charge on any atom is 0.472 e. The fourth-order valence-electron chi connectivity index (χ4n) is 10.1. The van der Waals surface area contributed by atoms with Crippen molar-refractivity contribution in [3.63, 3.8) is 0 Å². The molecule has 0 saturated heterocycles. The smallest absolute Gasteiger partial charge is 0.462 e. The van der Waals surface area contributed by atoms with E-state index in [1.165, 1.54) is 167 Å². The Morgan fingerprint density at radius 3 is 0.791 bits per heavy atom. The highest BCUT2D eigenvalue weighted by Crippen LogP contribution is 2.45. The first-order valence-electron chi connectivity index (χ1n) is 35.1. The van der Waals surface area contributed by atoms with Crippen molar-refractivity contribution in [2.24, 2.45) is 5.92 Å². The molecule has 17 nitrogen and oxygen atoms in total. The Morgan fingerprint density at radius 1 is 0.314 bits per heavy atom. The highest BCUT2D eigenvalue weighted by molar-refractivity contribution is 7.47. The van der Waals surface area contributed by atoms with Gasteiger partial charge in [-0.3, -0.25) is 37.3 Å². The van der Waals surface area contributed by atoms with Gasteiger partial charge in [-0.05, 0) is 31.6 Å². The van der Waals surface area contributed by atoms with Crippen molar-refractivity contribution in [3.8, 4) is 0 Å². The van der Waals surface area contributed by atoms with E-state index in [9.17, 15) is 43.2 Å². The van der Waals surface area contributed by atoms with Gasteiger partial charge in [-0.15, -0.1) is 0 Å². The summed E-state index contributed by atoms with van der Waals surface area (Å²) < 4.78 is 68.1. The maximum atomic E-state index is 13.0. The van der Waals surface area contributed by atoms with Crippen molar-refractivity contribution in [1.29, 1.82) is 0 Å². The lowest BCUT2D eigenvalue weighted by Crippen LogP contribution is -2.30. The van der Waals surface area contributed by atoms with Crippen molar-refractivity contribution < 1.29 is 80.2 Å². The van der Waals surface area contributed by atoms with Crippen LogP contribution >= 0.6 is 15.6 Å². The number of aliphatic hydroxyl groups excluding tert-OH is 1. The number of aliphatic hydroxyl groups is 1. The van der Waals surface area contributed by atoms with Crippen molar-refractivity contribution >= 4 is 39.5 Å². The minimum Gasteiger partial charge on any atom is -0.462 e. The van der Waals surface area contributed by atoms with Gasteiger partial charge in [-0.1, -0.05) is 291 Å². The number of hydrogen-bond donors (Lipinski definition) is 3. The van der Waals surface area contributed by atoms with Crippen LogP contribution in [0.1, 0.15) is 343 Å². The molecule has 5 atom stereocenters. The molecule has 0 saturated carbocycles. The lowest BCUT2D eigenvalue weighted by atomic mass is 10.0. The summed E-state index contributed by atoms with van der Waals surface area (Å²) in [5.41, 5.74) is 0. The monoisotopic (exact) mass is 1270 g/mol. The van der Waals surface area contributed by atoms with Gasteiger partial charge in [-0.25, -0.2) is 9.13 Å². The summed E-state index contributed by atoms with van der Waals surface area (Å²) in [6.07, 6.45) is 45.8. The average molecular weight is 1270 g/mol. The minimum atomic E-state index is -4.95. The molecule has 0 aliphatic rings. The molecule has 0 aromatic rings. The van der Waals surface area contributed by atoms with Crippen LogP contribution in [-0.2, 0) is 65.4 Å². The van der Waals surface area contributed by atoms with E-state index in [4.69, 9.17) is 37.0 Å². The normalized spacial score (nSPS) is 14.2. The third-order valence-electron chi connectivity index (χ3n) is 15.5. The van der Waals surface area contributed by atoms with Crippen LogP contribution in [-0.4, -0.2) is 96.7 Å². The van der Waals surface area contributed by atoms with Crippen LogP contribution < -0.4 is 0 Å². The second-order valence-electron chi connectivity index (χ2n) is 24.7. The first-order chi connectivity index (χ1) is 41.5. The van der Waals surface area contributed by atoms with Gasteiger partial charge in [0, 0.05) is 25.7 Å². The van der Waals surface area contributed by atoms with Crippen LogP contribution in [0.4, 0.5) is 0 Å². The Hall–Kier alpha value is -1.94. The quantitative estimate of drug-likeness (QED) is 0.0222. The van der Waals surface area contributed by atoms with E-state index in [0.29, 0.717) is 31.6 Å². The van der Waals surface area contributed by atoms with Gasteiger partial charge in [0.15, 0.2) is 12.2 Å². The van der Waals surface area contributed by atoms with Crippen molar-refractivity contribution in [3.05, 3.63) is 0 Å². The maximum absolute atomic E-state index is 13.0. The number of carbonyl (C=O) groups is 4. The summed E-state index contributed by atoms with van der Waals surface area (Å²) in [7, 11) is -9.89. The van der Waals surface area contributed by atoms with E-state index in [-0.39, 0.29) is 25.7 Å². The number of esters is 4. The molecule has 510 valence electrons. The number of hydrogen-bond acceptors (Lipinski definition) is 15. The van der Waals surface area contributed by atoms with Gasteiger partial charge in [0.2, 0.25) is 0 Å². The first kappa shape index (κ1) is 84.1. The van der Waals surface area contributed by atoms with Gasteiger partial charge in [0.1, 0.15) is 19.3 Å². The summed E-state index contributed by atoms with van der Waals surface area (Å²) in [6, 6.07) is 0. The van der Waals surface area contributed by atoms with Crippen LogP contribution in [0, 0.1) is 5.92 Å². The molecule has 0 heterocycles. The second kappa shape index (κ2) is 60.6. The highest BCUT2D eigenvalue weighted by Gasteiger charge is 2.30. The van der Waals surface area contributed by atoms with Gasteiger partial charge in [0.05, 0.1) is 26.4 Å². The summed E-state index contributed by atoms with van der Waals surface area (Å²) in [4.78, 5) is 72.3. The summed E-state index contributed by atoms with van der Waals surface area (Å²) in [6.45, 7) is 7.15. The molecular weight excluding hydrogens is 1140 g/mol. The molecule has 0 spiro atoms. The molecular formula is C67H130O17P2. The second-order valence-corrected chi connectivity index (χ2v) is 27.6. The zero-order valence-electron chi connectivity index (χ0n) is 55.4. The molecule has 0 rings (SSSR count). The van der Waals surface area contributed by atoms with E-state index in [1.54, 1.807) is 0 Å². The summed E-state index contributed by atoms with van der Waals surface area (Å²) >= 11 is 0.